The van der Waals surface area contributed by atoms with Crippen molar-refractivity contribution >= 4 is 38.1 Å². The van der Waals surface area contributed by atoms with Gasteiger partial charge in [-0.3, -0.25) is 19.7 Å². The standard InChI is InChI=1S/C23H26N4O4S2/c1-16-12-27(13-17(2)31-16)14-20-15-32-23(24-20)25-22(28)18-8-10-19(11-9-18)26-33(29,30)21-6-4-3-5-7-21/h3-11,15-17,26H,12-14H2,1-2H3,(H,24,25,28). The summed E-state index contributed by atoms with van der Waals surface area (Å²) >= 11 is 1.38. The van der Waals surface area contributed by atoms with Crippen LogP contribution in [-0.4, -0.2) is 49.5 Å². The first-order valence-electron chi connectivity index (χ1n) is 10.6. The van der Waals surface area contributed by atoms with Crippen LogP contribution in [0.2, 0.25) is 0 Å². The molecule has 33 heavy (non-hydrogen) atoms. The molecule has 2 atom stereocenters. The number of thiazole rings is 1. The van der Waals surface area contributed by atoms with E-state index in [9.17, 15) is 13.2 Å². The summed E-state index contributed by atoms with van der Waals surface area (Å²) in [6.07, 6.45) is 0.374. The molecule has 1 fully saturated rings. The first kappa shape index (κ1) is 23.4. The molecule has 10 heteroatoms. The van der Waals surface area contributed by atoms with E-state index in [1.807, 2.05) is 5.38 Å². The molecule has 1 amide bonds. The molecule has 8 nitrogen and oxygen atoms in total. The molecule has 0 bridgehead atoms. The number of benzene rings is 2. The lowest BCUT2D eigenvalue weighted by Gasteiger charge is -2.34. The van der Waals surface area contributed by atoms with Gasteiger partial charge in [0.15, 0.2) is 5.13 Å². The summed E-state index contributed by atoms with van der Waals surface area (Å²) in [5.41, 5.74) is 1.69. The lowest BCUT2D eigenvalue weighted by atomic mass is 10.2. The lowest BCUT2D eigenvalue weighted by Crippen LogP contribution is -2.44. The number of hydrogen-bond acceptors (Lipinski definition) is 7. The van der Waals surface area contributed by atoms with E-state index in [-0.39, 0.29) is 23.0 Å². The minimum atomic E-state index is -3.68. The van der Waals surface area contributed by atoms with Crippen molar-refractivity contribution in [2.45, 2.75) is 37.5 Å². The maximum absolute atomic E-state index is 12.6. The Hall–Kier alpha value is -2.79. The molecule has 1 saturated heterocycles. The minimum absolute atomic E-state index is 0.174. The molecular weight excluding hydrogens is 460 g/mol. The zero-order valence-corrected chi connectivity index (χ0v) is 20.0. The third-order valence-electron chi connectivity index (χ3n) is 5.11. The maximum atomic E-state index is 12.6. The van der Waals surface area contributed by atoms with Crippen LogP contribution < -0.4 is 10.0 Å². The molecule has 0 spiro atoms. The van der Waals surface area contributed by atoms with Crippen LogP contribution in [0.15, 0.2) is 64.9 Å². The Morgan fingerprint density at radius 2 is 1.76 bits per heavy atom. The van der Waals surface area contributed by atoms with Gasteiger partial charge in [-0.25, -0.2) is 13.4 Å². The largest absolute Gasteiger partial charge is 0.373 e. The van der Waals surface area contributed by atoms with Crippen molar-refractivity contribution in [3.63, 3.8) is 0 Å². The Kier molecular flexibility index (Phi) is 7.08. The normalized spacial score (nSPS) is 19.2. The average Bonchev–Trinajstić information content (AvgIpc) is 3.20. The smallest absolute Gasteiger partial charge is 0.261 e. The van der Waals surface area contributed by atoms with Crippen LogP contribution in [0.1, 0.15) is 29.9 Å². The SMILES string of the molecule is CC1CN(Cc2csc(NC(=O)c3ccc(NS(=O)(=O)c4ccccc4)cc3)n2)CC(C)O1. The van der Waals surface area contributed by atoms with Crippen molar-refractivity contribution in [2.24, 2.45) is 0 Å². The molecule has 4 rings (SSSR count). The fourth-order valence-electron chi connectivity index (χ4n) is 3.75. The summed E-state index contributed by atoms with van der Waals surface area (Å²) in [4.78, 5) is 19.6. The van der Waals surface area contributed by atoms with Crippen LogP contribution in [0.25, 0.3) is 0 Å². The second-order valence-corrected chi connectivity index (χ2v) is 10.6. The summed E-state index contributed by atoms with van der Waals surface area (Å²) in [6, 6.07) is 14.4. The number of carbonyl (C=O) groups is 1. The Labute approximate surface area is 197 Å². The predicted molar refractivity (Wildman–Crippen MR) is 129 cm³/mol. The van der Waals surface area contributed by atoms with Crippen LogP contribution in [0, 0.1) is 0 Å². The van der Waals surface area contributed by atoms with Gasteiger partial charge in [-0.05, 0) is 50.2 Å². The Morgan fingerprint density at radius 3 is 2.42 bits per heavy atom. The number of carbonyl (C=O) groups excluding carboxylic acids is 1. The molecule has 1 aliphatic heterocycles. The zero-order valence-electron chi connectivity index (χ0n) is 18.4. The number of anilines is 2. The van der Waals surface area contributed by atoms with Gasteiger partial charge in [0, 0.05) is 36.3 Å². The van der Waals surface area contributed by atoms with Gasteiger partial charge < -0.3 is 4.74 Å². The van der Waals surface area contributed by atoms with E-state index in [1.54, 1.807) is 42.5 Å². The number of ether oxygens (including phenoxy) is 1. The quantitative estimate of drug-likeness (QED) is 0.527. The molecule has 2 unspecified atom stereocenters. The highest BCUT2D eigenvalue weighted by molar-refractivity contribution is 7.92. The zero-order chi connectivity index (χ0) is 23.4. The molecule has 3 aromatic rings. The third kappa shape index (κ3) is 6.17. The molecular formula is C23H26N4O4S2. The fraction of sp³-hybridized carbons (Fsp3) is 0.304. The van der Waals surface area contributed by atoms with E-state index >= 15 is 0 Å². The second kappa shape index (κ2) is 10.0. The summed E-state index contributed by atoms with van der Waals surface area (Å²) in [7, 11) is -3.68. The highest BCUT2D eigenvalue weighted by Gasteiger charge is 2.23. The topological polar surface area (TPSA) is 101 Å². The third-order valence-corrected chi connectivity index (χ3v) is 7.31. The summed E-state index contributed by atoms with van der Waals surface area (Å²) in [6.45, 7) is 6.54. The number of aromatic nitrogens is 1. The summed E-state index contributed by atoms with van der Waals surface area (Å²) < 4.78 is 33.1. The Morgan fingerprint density at radius 1 is 1.09 bits per heavy atom. The summed E-state index contributed by atoms with van der Waals surface area (Å²) in [5.74, 6) is -0.304. The summed E-state index contributed by atoms with van der Waals surface area (Å²) in [5, 5.41) is 5.29. The molecule has 2 heterocycles. The van der Waals surface area contributed by atoms with Crippen LogP contribution >= 0.6 is 11.3 Å². The van der Waals surface area contributed by atoms with Crippen LogP contribution in [-0.2, 0) is 21.3 Å². The number of morpholine rings is 1. The second-order valence-electron chi connectivity index (χ2n) is 8.05. The Bertz CT molecular complexity index is 1190. The molecule has 2 N–H and O–H groups in total. The minimum Gasteiger partial charge on any atom is -0.373 e. The number of hydrogen-bond donors (Lipinski definition) is 2. The van der Waals surface area contributed by atoms with E-state index in [2.05, 4.69) is 33.8 Å². The van der Waals surface area contributed by atoms with E-state index in [0.29, 0.717) is 22.9 Å². The van der Waals surface area contributed by atoms with E-state index in [4.69, 9.17) is 4.74 Å². The van der Waals surface area contributed by atoms with Crippen LogP contribution in [0.4, 0.5) is 10.8 Å². The van der Waals surface area contributed by atoms with Gasteiger partial charge in [-0.15, -0.1) is 11.3 Å². The molecule has 174 valence electrons. The highest BCUT2D eigenvalue weighted by atomic mass is 32.2. The monoisotopic (exact) mass is 486 g/mol. The number of nitrogens with one attached hydrogen (secondary N) is 2. The molecule has 2 aromatic carbocycles. The Balaban J connectivity index is 1.35. The number of amides is 1. The van der Waals surface area contributed by atoms with Crippen LogP contribution in [0.3, 0.4) is 0 Å². The van der Waals surface area contributed by atoms with E-state index in [0.717, 1.165) is 18.8 Å². The van der Waals surface area contributed by atoms with Gasteiger partial charge in [-0.2, -0.15) is 0 Å². The highest BCUT2D eigenvalue weighted by Crippen LogP contribution is 2.21. The van der Waals surface area contributed by atoms with Gasteiger partial charge in [0.25, 0.3) is 15.9 Å². The number of rotatable bonds is 7. The van der Waals surface area contributed by atoms with Gasteiger partial charge in [0.05, 0.1) is 22.8 Å². The molecule has 1 aliphatic rings. The fourth-order valence-corrected chi connectivity index (χ4v) is 5.53. The predicted octanol–water partition coefficient (Wildman–Crippen LogP) is 3.81. The van der Waals surface area contributed by atoms with Crippen molar-refractivity contribution in [1.29, 1.82) is 0 Å². The lowest BCUT2D eigenvalue weighted by molar-refractivity contribution is -0.0707. The first-order valence-corrected chi connectivity index (χ1v) is 13.0. The van der Waals surface area contributed by atoms with Crippen molar-refractivity contribution in [2.75, 3.05) is 23.1 Å². The molecule has 0 radical (unpaired) electrons. The van der Waals surface area contributed by atoms with Crippen molar-refractivity contribution in [3.05, 3.63) is 71.2 Å². The number of nitrogens with zero attached hydrogens (tertiary/aromatic N) is 2. The average molecular weight is 487 g/mol. The number of sulfonamides is 1. The van der Waals surface area contributed by atoms with Gasteiger partial charge in [0.2, 0.25) is 0 Å². The van der Waals surface area contributed by atoms with Gasteiger partial charge in [0.1, 0.15) is 0 Å². The maximum Gasteiger partial charge on any atom is 0.261 e. The molecule has 0 saturated carbocycles. The van der Waals surface area contributed by atoms with Crippen molar-refractivity contribution in [3.8, 4) is 0 Å². The van der Waals surface area contributed by atoms with E-state index in [1.165, 1.54) is 23.5 Å². The van der Waals surface area contributed by atoms with Gasteiger partial charge >= 0.3 is 0 Å². The van der Waals surface area contributed by atoms with Crippen molar-refractivity contribution in [1.82, 2.24) is 9.88 Å². The molecule has 0 aliphatic carbocycles. The van der Waals surface area contributed by atoms with Crippen LogP contribution in [0.5, 0.6) is 0 Å². The first-order chi connectivity index (χ1) is 15.8. The van der Waals surface area contributed by atoms with Gasteiger partial charge in [-0.1, -0.05) is 18.2 Å². The van der Waals surface area contributed by atoms with E-state index < -0.39 is 10.0 Å². The van der Waals surface area contributed by atoms with Crippen molar-refractivity contribution < 1.29 is 17.9 Å². The molecule has 1 aromatic heterocycles.